The van der Waals surface area contributed by atoms with Gasteiger partial charge in [0.25, 0.3) is 5.91 Å². The van der Waals surface area contributed by atoms with Gasteiger partial charge in [-0.25, -0.2) is 0 Å². The van der Waals surface area contributed by atoms with Crippen LogP contribution >= 0.6 is 0 Å². The van der Waals surface area contributed by atoms with E-state index in [1.54, 1.807) is 7.11 Å². The summed E-state index contributed by atoms with van der Waals surface area (Å²) in [4.78, 5) is 15.5. The maximum absolute atomic E-state index is 13.1. The van der Waals surface area contributed by atoms with Crippen molar-refractivity contribution in [1.29, 1.82) is 5.26 Å². The van der Waals surface area contributed by atoms with E-state index < -0.39 is 5.41 Å². The second kappa shape index (κ2) is 10.6. The van der Waals surface area contributed by atoms with E-state index in [0.29, 0.717) is 23.0 Å². The summed E-state index contributed by atoms with van der Waals surface area (Å²) in [6.07, 6.45) is 1.46. The molecular formula is C31H35N3O2. The van der Waals surface area contributed by atoms with Crippen LogP contribution in [0.5, 0.6) is 5.75 Å². The number of methoxy groups -OCH3 is 1. The molecule has 0 unspecified atom stereocenters. The van der Waals surface area contributed by atoms with Gasteiger partial charge in [-0.1, -0.05) is 41.5 Å². The molecule has 0 aromatic heterocycles. The van der Waals surface area contributed by atoms with E-state index in [0.717, 1.165) is 42.6 Å². The Morgan fingerprint density at radius 2 is 1.61 bits per heavy atom. The Balaban J connectivity index is 1.55. The predicted octanol–water partition coefficient (Wildman–Crippen LogP) is 6.50. The number of hydrogen-bond donors (Lipinski definition) is 1. The molecule has 0 aliphatic carbocycles. The first kappa shape index (κ1) is 25.5. The van der Waals surface area contributed by atoms with Gasteiger partial charge in [0, 0.05) is 35.9 Å². The number of nitrogens with zero attached hydrogens (tertiary/aromatic N) is 2. The zero-order valence-corrected chi connectivity index (χ0v) is 21.9. The minimum Gasteiger partial charge on any atom is -0.496 e. The second-order valence-corrected chi connectivity index (χ2v) is 10.1. The number of aryl methyl sites for hydroxylation is 2. The average Bonchev–Trinajstić information content (AvgIpc) is 2.88. The highest BCUT2D eigenvalue weighted by atomic mass is 16.5. The topological polar surface area (TPSA) is 65.4 Å². The van der Waals surface area contributed by atoms with Crippen molar-refractivity contribution in [3.05, 3.63) is 82.9 Å². The third kappa shape index (κ3) is 5.29. The molecule has 1 saturated heterocycles. The summed E-state index contributed by atoms with van der Waals surface area (Å²) < 4.78 is 5.64. The van der Waals surface area contributed by atoms with Gasteiger partial charge in [0.05, 0.1) is 18.6 Å². The summed E-state index contributed by atoms with van der Waals surface area (Å²) >= 11 is 0. The standard InChI is InChI=1S/C31H35N3O2/c1-21(2)34-14-12-31(20-32,13-15-34)28-19-27(10-11-29(28)36-5)33-30(35)25-8-6-24(7-9-25)26-17-22(3)16-23(4)18-26/h6-11,16-19,21H,12-15H2,1-5H3,(H,33,35). The Morgan fingerprint density at radius 1 is 0.972 bits per heavy atom. The van der Waals surface area contributed by atoms with E-state index in [1.807, 2.05) is 42.5 Å². The van der Waals surface area contributed by atoms with Crippen LogP contribution in [0.3, 0.4) is 0 Å². The third-order valence-electron chi connectivity index (χ3n) is 7.27. The summed E-state index contributed by atoms with van der Waals surface area (Å²) in [5.41, 5.74) is 6.11. The van der Waals surface area contributed by atoms with Crippen LogP contribution in [0.1, 0.15) is 53.7 Å². The number of nitriles is 1. The van der Waals surface area contributed by atoms with Crippen molar-refractivity contribution in [1.82, 2.24) is 4.90 Å². The van der Waals surface area contributed by atoms with Crippen LogP contribution in [-0.4, -0.2) is 37.0 Å². The van der Waals surface area contributed by atoms with E-state index in [-0.39, 0.29) is 5.91 Å². The fraction of sp³-hybridized carbons (Fsp3) is 0.355. The molecule has 5 heteroatoms. The highest BCUT2D eigenvalue weighted by Gasteiger charge is 2.39. The van der Waals surface area contributed by atoms with Crippen molar-refractivity contribution in [3.8, 4) is 22.9 Å². The van der Waals surface area contributed by atoms with Crippen molar-refractivity contribution >= 4 is 11.6 Å². The van der Waals surface area contributed by atoms with Crippen molar-refractivity contribution in [2.24, 2.45) is 0 Å². The third-order valence-corrected chi connectivity index (χ3v) is 7.27. The number of rotatable bonds is 6. The molecule has 0 bridgehead atoms. The van der Waals surface area contributed by atoms with Crippen LogP contribution in [-0.2, 0) is 5.41 Å². The van der Waals surface area contributed by atoms with E-state index >= 15 is 0 Å². The molecule has 0 atom stereocenters. The Morgan fingerprint density at radius 3 is 2.17 bits per heavy atom. The molecule has 1 heterocycles. The molecule has 1 fully saturated rings. The Labute approximate surface area is 214 Å². The van der Waals surface area contributed by atoms with E-state index in [9.17, 15) is 10.1 Å². The number of piperidine rings is 1. The molecule has 3 aromatic rings. The molecule has 1 amide bonds. The lowest BCUT2D eigenvalue weighted by molar-refractivity contribution is 0.102. The van der Waals surface area contributed by atoms with E-state index in [4.69, 9.17) is 4.74 Å². The minimum atomic E-state index is -0.634. The molecule has 1 aliphatic rings. The first-order chi connectivity index (χ1) is 17.2. The number of carbonyl (C=O) groups is 1. The number of carbonyl (C=O) groups excluding carboxylic acids is 1. The molecule has 0 spiro atoms. The van der Waals surface area contributed by atoms with Crippen molar-refractivity contribution in [3.63, 3.8) is 0 Å². The lowest BCUT2D eigenvalue weighted by atomic mass is 9.73. The van der Waals surface area contributed by atoms with Crippen LogP contribution in [0.4, 0.5) is 5.69 Å². The molecule has 186 valence electrons. The predicted molar refractivity (Wildman–Crippen MR) is 146 cm³/mol. The zero-order chi connectivity index (χ0) is 25.9. The summed E-state index contributed by atoms with van der Waals surface area (Å²) in [5.74, 6) is 0.504. The summed E-state index contributed by atoms with van der Waals surface area (Å²) in [5, 5.41) is 13.3. The number of hydrogen-bond acceptors (Lipinski definition) is 4. The quantitative estimate of drug-likeness (QED) is 0.437. The molecule has 0 saturated carbocycles. The SMILES string of the molecule is COc1ccc(NC(=O)c2ccc(-c3cc(C)cc(C)c3)cc2)cc1C1(C#N)CCN(C(C)C)CC1. The van der Waals surface area contributed by atoms with Crippen LogP contribution in [0.25, 0.3) is 11.1 Å². The van der Waals surface area contributed by atoms with Gasteiger partial charge in [-0.3, -0.25) is 4.79 Å². The molecular weight excluding hydrogens is 446 g/mol. The average molecular weight is 482 g/mol. The van der Waals surface area contributed by atoms with Gasteiger partial charge in [-0.15, -0.1) is 0 Å². The Kier molecular flexibility index (Phi) is 7.47. The lowest BCUT2D eigenvalue weighted by Crippen LogP contribution is -2.44. The first-order valence-electron chi connectivity index (χ1n) is 12.6. The molecule has 3 aromatic carbocycles. The van der Waals surface area contributed by atoms with Crippen molar-refractivity contribution < 1.29 is 9.53 Å². The summed E-state index contributed by atoms with van der Waals surface area (Å²) in [7, 11) is 1.63. The van der Waals surface area contributed by atoms with Crippen LogP contribution < -0.4 is 10.1 Å². The highest BCUT2D eigenvalue weighted by Crippen LogP contribution is 2.41. The minimum absolute atomic E-state index is 0.182. The van der Waals surface area contributed by atoms with Gasteiger partial charge < -0.3 is 15.0 Å². The smallest absolute Gasteiger partial charge is 0.255 e. The van der Waals surface area contributed by atoms with Gasteiger partial charge in [-0.05, 0) is 82.0 Å². The molecule has 1 aliphatic heterocycles. The molecule has 36 heavy (non-hydrogen) atoms. The van der Waals surface area contributed by atoms with E-state index in [1.165, 1.54) is 11.1 Å². The molecule has 0 radical (unpaired) electrons. The second-order valence-electron chi connectivity index (χ2n) is 10.1. The monoisotopic (exact) mass is 481 g/mol. The molecule has 1 N–H and O–H groups in total. The fourth-order valence-corrected chi connectivity index (χ4v) is 5.18. The van der Waals surface area contributed by atoms with Crippen molar-refractivity contribution in [2.45, 2.75) is 52.0 Å². The Hall–Kier alpha value is -3.62. The Bertz CT molecular complexity index is 1260. The maximum Gasteiger partial charge on any atom is 0.255 e. The van der Waals surface area contributed by atoms with E-state index in [2.05, 4.69) is 62.2 Å². The van der Waals surface area contributed by atoms with Gasteiger partial charge in [0.1, 0.15) is 5.75 Å². The van der Waals surface area contributed by atoms with Gasteiger partial charge in [-0.2, -0.15) is 5.26 Å². The van der Waals surface area contributed by atoms with Crippen LogP contribution in [0, 0.1) is 25.2 Å². The number of anilines is 1. The highest BCUT2D eigenvalue weighted by molar-refractivity contribution is 6.04. The number of benzene rings is 3. The summed E-state index contributed by atoms with van der Waals surface area (Å²) in [6, 6.07) is 22.8. The first-order valence-corrected chi connectivity index (χ1v) is 12.6. The van der Waals surface area contributed by atoms with Gasteiger partial charge in [0.15, 0.2) is 0 Å². The van der Waals surface area contributed by atoms with Crippen LogP contribution in [0.2, 0.25) is 0 Å². The lowest BCUT2D eigenvalue weighted by Gasteiger charge is -2.40. The van der Waals surface area contributed by atoms with Crippen LogP contribution in [0.15, 0.2) is 60.7 Å². The van der Waals surface area contributed by atoms with Gasteiger partial charge >= 0.3 is 0 Å². The normalized spacial score (nSPS) is 15.4. The van der Waals surface area contributed by atoms with Gasteiger partial charge in [0.2, 0.25) is 0 Å². The number of amides is 1. The zero-order valence-electron chi connectivity index (χ0n) is 21.9. The summed E-state index contributed by atoms with van der Waals surface area (Å²) in [6.45, 7) is 10.3. The van der Waals surface area contributed by atoms with Crippen molar-refractivity contribution in [2.75, 3.05) is 25.5 Å². The number of ether oxygens (including phenoxy) is 1. The fourth-order valence-electron chi connectivity index (χ4n) is 5.18. The molecule has 4 rings (SSSR count). The molecule has 5 nitrogen and oxygen atoms in total. The number of nitrogens with one attached hydrogen (secondary N) is 1. The largest absolute Gasteiger partial charge is 0.496 e. The number of likely N-dealkylation sites (tertiary alicyclic amines) is 1. The maximum atomic E-state index is 13.1.